The molecule has 0 radical (unpaired) electrons. The summed E-state index contributed by atoms with van der Waals surface area (Å²) < 4.78 is 0. The Bertz CT molecular complexity index is 150. The van der Waals surface area contributed by atoms with Crippen molar-refractivity contribution in [1.29, 1.82) is 0 Å². The lowest BCUT2D eigenvalue weighted by atomic mass is 10.7. The highest BCUT2D eigenvalue weighted by atomic mass is 14.8. The predicted octanol–water partition coefficient (Wildman–Crippen LogP) is 4.11. The van der Waals surface area contributed by atoms with E-state index >= 15 is 0 Å². The van der Waals surface area contributed by atoms with Crippen molar-refractivity contribution < 1.29 is 0 Å². The van der Waals surface area contributed by atoms with Gasteiger partial charge in [0.15, 0.2) is 0 Å². The van der Waals surface area contributed by atoms with Crippen LogP contribution in [-0.2, 0) is 0 Å². The minimum absolute atomic E-state index is 0. The van der Waals surface area contributed by atoms with Gasteiger partial charge in [0, 0.05) is 24.8 Å². The fourth-order valence-corrected chi connectivity index (χ4v) is 0.493. The molecule has 0 atom stereocenters. The molecule has 0 unspecified atom stereocenters. The molecule has 0 aliphatic rings. The van der Waals surface area contributed by atoms with Crippen molar-refractivity contribution in [2.75, 3.05) is 0 Å². The van der Waals surface area contributed by atoms with Gasteiger partial charge < -0.3 is 9.97 Å². The van der Waals surface area contributed by atoms with E-state index in [1.165, 1.54) is 0 Å². The average molecular weight is 211 g/mol. The maximum atomic E-state index is 3.67. The van der Waals surface area contributed by atoms with Crippen LogP contribution in [0.4, 0.5) is 0 Å². The first-order valence-electron chi connectivity index (χ1n) is 5.00. The average Bonchev–Trinajstić information content (AvgIpc) is 3.01. The number of nitrogens with one attached hydrogen (secondary N) is 2. The summed E-state index contributed by atoms with van der Waals surface area (Å²) in [5.74, 6) is 0. The first kappa shape index (κ1) is 19.1. The molecule has 2 N–H and O–H groups in total. The van der Waals surface area contributed by atoms with Crippen molar-refractivity contribution in [3.05, 3.63) is 43.2 Å². The molecule has 0 saturated carbocycles. The van der Waals surface area contributed by atoms with Crippen LogP contribution in [0, 0.1) is 0 Å². The Morgan fingerprint density at radius 1 is 0.800 bits per heavy atom. The SMILES string of the molecule is C.CC.CC.c1c[nH]cn1.c1cc[nH]c1. The zero-order chi connectivity index (χ0) is 11.1. The molecular formula is C12H25N3. The van der Waals surface area contributed by atoms with Crippen molar-refractivity contribution in [3.63, 3.8) is 0 Å². The summed E-state index contributed by atoms with van der Waals surface area (Å²) in [5, 5.41) is 0. The van der Waals surface area contributed by atoms with Gasteiger partial charge in [-0.25, -0.2) is 4.98 Å². The van der Waals surface area contributed by atoms with E-state index in [9.17, 15) is 0 Å². The highest BCUT2D eigenvalue weighted by Crippen LogP contribution is 1.72. The molecule has 0 fully saturated rings. The molecule has 88 valence electrons. The van der Waals surface area contributed by atoms with Gasteiger partial charge >= 0.3 is 0 Å². The minimum Gasteiger partial charge on any atom is -0.368 e. The quantitative estimate of drug-likeness (QED) is 0.676. The van der Waals surface area contributed by atoms with Crippen molar-refractivity contribution in [3.8, 4) is 0 Å². The van der Waals surface area contributed by atoms with Crippen LogP contribution < -0.4 is 0 Å². The molecule has 0 saturated heterocycles. The summed E-state index contributed by atoms with van der Waals surface area (Å²) in [6.07, 6.45) is 8.83. The van der Waals surface area contributed by atoms with E-state index in [1.807, 2.05) is 52.2 Å². The normalized spacial score (nSPS) is 6.13. The van der Waals surface area contributed by atoms with Gasteiger partial charge in [0.1, 0.15) is 0 Å². The minimum atomic E-state index is 0. The van der Waals surface area contributed by atoms with Crippen molar-refractivity contribution in [2.24, 2.45) is 0 Å². The third-order valence-corrected chi connectivity index (χ3v) is 0.902. The molecule has 0 spiro atoms. The van der Waals surface area contributed by atoms with Crippen LogP contribution in [0.5, 0.6) is 0 Å². The largest absolute Gasteiger partial charge is 0.368 e. The van der Waals surface area contributed by atoms with Gasteiger partial charge in [-0.3, -0.25) is 0 Å². The van der Waals surface area contributed by atoms with E-state index in [0.29, 0.717) is 0 Å². The maximum absolute atomic E-state index is 3.67. The molecule has 0 aromatic carbocycles. The maximum Gasteiger partial charge on any atom is 0.0919 e. The zero-order valence-corrected chi connectivity index (χ0v) is 9.49. The van der Waals surface area contributed by atoms with Crippen LogP contribution in [0.2, 0.25) is 0 Å². The van der Waals surface area contributed by atoms with Crippen LogP contribution >= 0.6 is 0 Å². The summed E-state index contributed by atoms with van der Waals surface area (Å²) in [5.41, 5.74) is 0. The first-order chi connectivity index (χ1) is 7.00. The van der Waals surface area contributed by atoms with Crippen LogP contribution in [0.15, 0.2) is 43.2 Å². The first-order valence-corrected chi connectivity index (χ1v) is 5.00. The fraction of sp³-hybridized carbons (Fsp3) is 0.417. The van der Waals surface area contributed by atoms with Crippen molar-refractivity contribution >= 4 is 0 Å². The van der Waals surface area contributed by atoms with E-state index in [2.05, 4.69) is 15.0 Å². The summed E-state index contributed by atoms with van der Waals surface area (Å²) in [4.78, 5) is 9.28. The number of nitrogens with zero attached hydrogens (tertiary/aromatic N) is 1. The Morgan fingerprint density at radius 3 is 1.47 bits per heavy atom. The number of rotatable bonds is 0. The van der Waals surface area contributed by atoms with Crippen LogP contribution in [0.25, 0.3) is 0 Å². The second kappa shape index (κ2) is 22.9. The molecule has 15 heavy (non-hydrogen) atoms. The van der Waals surface area contributed by atoms with Gasteiger partial charge in [0.05, 0.1) is 6.33 Å². The summed E-state index contributed by atoms with van der Waals surface area (Å²) in [6, 6.07) is 3.89. The number of imidazole rings is 1. The van der Waals surface area contributed by atoms with Crippen LogP contribution in [0.3, 0.4) is 0 Å². The Kier molecular flexibility index (Phi) is 29.2. The number of aromatic nitrogens is 3. The summed E-state index contributed by atoms with van der Waals surface area (Å²) in [7, 11) is 0. The van der Waals surface area contributed by atoms with Gasteiger partial charge in [-0.1, -0.05) is 35.1 Å². The lowest BCUT2D eigenvalue weighted by molar-refractivity contribution is 1.31. The summed E-state index contributed by atoms with van der Waals surface area (Å²) >= 11 is 0. The smallest absolute Gasteiger partial charge is 0.0919 e. The van der Waals surface area contributed by atoms with Gasteiger partial charge in [0.2, 0.25) is 0 Å². The second-order valence-corrected chi connectivity index (χ2v) is 1.65. The molecule has 0 aliphatic heterocycles. The molecule has 2 aromatic rings. The lowest BCUT2D eigenvalue weighted by Crippen LogP contribution is -1.44. The Balaban J connectivity index is -0.000000138. The molecule has 2 heterocycles. The second-order valence-electron chi connectivity index (χ2n) is 1.65. The van der Waals surface area contributed by atoms with Crippen molar-refractivity contribution in [2.45, 2.75) is 35.1 Å². The van der Waals surface area contributed by atoms with E-state index in [0.717, 1.165) is 0 Å². The zero-order valence-electron chi connectivity index (χ0n) is 9.49. The third kappa shape index (κ3) is 19.1. The molecule has 0 aliphatic carbocycles. The Labute approximate surface area is 94.0 Å². The van der Waals surface area contributed by atoms with E-state index in [4.69, 9.17) is 0 Å². The van der Waals surface area contributed by atoms with Gasteiger partial charge in [-0.05, 0) is 12.1 Å². The standard InChI is InChI=1S/C4H5N.C3H4N2.2C2H6.CH4/c1-2-4-5-3-1;1-2-5-3-4-1;2*1-2;/h1-5H;1-3H,(H,4,5);2*1-2H3;1H4. The molecular weight excluding hydrogens is 186 g/mol. The fourth-order valence-electron chi connectivity index (χ4n) is 0.493. The van der Waals surface area contributed by atoms with E-state index in [-0.39, 0.29) is 7.43 Å². The third-order valence-electron chi connectivity index (χ3n) is 0.902. The molecule has 3 nitrogen and oxygen atoms in total. The van der Waals surface area contributed by atoms with Gasteiger partial charge in [0.25, 0.3) is 0 Å². The molecule has 2 aromatic heterocycles. The Hall–Kier alpha value is -1.51. The highest BCUT2D eigenvalue weighted by molar-refractivity contribution is 4.84. The Morgan fingerprint density at radius 2 is 1.33 bits per heavy atom. The van der Waals surface area contributed by atoms with Crippen molar-refractivity contribution in [1.82, 2.24) is 15.0 Å². The summed E-state index contributed by atoms with van der Waals surface area (Å²) in [6.45, 7) is 8.00. The monoisotopic (exact) mass is 211 g/mol. The molecule has 2 rings (SSSR count). The van der Waals surface area contributed by atoms with Gasteiger partial charge in [-0.2, -0.15) is 0 Å². The highest BCUT2D eigenvalue weighted by Gasteiger charge is 1.56. The number of hydrogen-bond donors (Lipinski definition) is 2. The molecule has 0 amide bonds. The number of H-pyrrole nitrogens is 2. The molecule has 0 bridgehead atoms. The van der Waals surface area contributed by atoms with Crippen LogP contribution in [0.1, 0.15) is 35.1 Å². The number of hydrogen-bond acceptors (Lipinski definition) is 1. The lowest BCUT2D eigenvalue weighted by Gasteiger charge is -1.49. The van der Waals surface area contributed by atoms with E-state index in [1.54, 1.807) is 18.7 Å². The molecule has 3 heteroatoms. The van der Waals surface area contributed by atoms with Crippen LogP contribution in [-0.4, -0.2) is 15.0 Å². The predicted molar refractivity (Wildman–Crippen MR) is 68.8 cm³/mol. The topological polar surface area (TPSA) is 44.5 Å². The number of aromatic amines is 2. The van der Waals surface area contributed by atoms with Gasteiger partial charge in [-0.15, -0.1) is 0 Å². The van der Waals surface area contributed by atoms with E-state index < -0.39 is 0 Å².